The number of aromatic nitrogens is 1. The van der Waals surface area contributed by atoms with Crippen LogP contribution in [0.2, 0.25) is 0 Å². The van der Waals surface area contributed by atoms with E-state index in [1.807, 2.05) is 19.1 Å². The number of carbonyl (C=O) groups is 1. The fourth-order valence-corrected chi connectivity index (χ4v) is 1.13. The molecule has 3 nitrogen and oxygen atoms in total. The van der Waals surface area contributed by atoms with Crippen LogP contribution < -0.4 is 5.32 Å². The molecule has 0 aliphatic heterocycles. The molecule has 1 amide bonds. The third-order valence-electron chi connectivity index (χ3n) is 1.73. The van der Waals surface area contributed by atoms with Gasteiger partial charge in [-0.2, -0.15) is 0 Å². The zero-order chi connectivity index (χ0) is 10.4. The van der Waals surface area contributed by atoms with Crippen molar-refractivity contribution in [3.63, 3.8) is 0 Å². The van der Waals surface area contributed by atoms with Crippen molar-refractivity contribution in [2.45, 2.75) is 19.8 Å². The largest absolute Gasteiger partial charge is 0.325 e. The molecule has 0 aromatic carbocycles. The number of hydrogen-bond acceptors (Lipinski definition) is 2. The van der Waals surface area contributed by atoms with E-state index < -0.39 is 0 Å². The van der Waals surface area contributed by atoms with Crippen LogP contribution in [-0.4, -0.2) is 16.8 Å². The lowest BCUT2D eigenvalue weighted by atomic mass is 10.3. The molecule has 0 spiro atoms. The summed E-state index contributed by atoms with van der Waals surface area (Å²) in [6, 6.07) is 3.69. The number of pyridine rings is 1. The maximum atomic E-state index is 11.3. The minimum Gasteiger partial charge on any atom is -0.325 e. The highest BCUT2D eigenvalue weighted by Gasteiger charge is 2.01. The van der Waals surface area contributed by atoms with Gasteiger partial charge in [-0.25, -0.2) is 0 Å². The van der Waals surface area contributed by atoms with Gasteiger partial charge in [0.05, 0.1) is 11.9 Å². The highest BCUT2D eigenvalue weighted by atomic mass is 35.5. The minimum absolute atomic E-state index is 0.0173. The van der Waals surface area contributed by atoms with Crippen LogP contribution in [0, 0.1) is 6.92 Å². The first-order valence-corrected chi connectivity index (χ1v) is 5.04. The smallest absolute Gasteiger partial charge is 0.224 e. The molecular weight excluding hydrogens is 200 g/mol. The summed E-state index contributed by atoms with van der Waals surface area (Å²) in [6.45, 7) is 1.90. The third-order valence-corrected chi connectivity index (χ3v) is 2.00. The molecule has 1 rings (SSSR count). The lowest BCUT2D eigenvalue weighted by Gasteiger charge is -2.03. The van der Waals surface area contributed by atoms with Crippen LogP contribution >= 0.6 is 11.6 Å². The van der Waals surface area contributed by atoms with Gasteiger partial charge in [0.2, 0.25) is 5.91 Å². The summed E-state index contributed by atoms with van der Waals surface area (Å²) in [7, 11) is 0. The van der Waals surface area contributed by atoms with E-state index in [0.29, 0.717) is 18.7 Å². The average Bonchev–Trinajstić information content (AvgIpc) is 2.18. The zero-order valence-corrected chi connectivity index (χ0v) is 8.84. The highest BCUT2D eigenvalue weighted by Crippen LogP contribution is 2.06. The second kappa shape index (κ2) is 5.60. The Morgan fingerprint density at radius 1 is 1.57 bits per heavy atom. The van der Waals surface area contributed by atoms with Gasteiger partial charge in [-0.1, -0.05) is 0 Å². The molecule has 1 aromatic heterocycles. The van der Waals surface area contributed by atoms with E-state index in [9.17, 15) is 4.79 Å². The van der Waals surface area contributed by atoms with Crippen molar-refractivity contribution in [3.8, 4) is 0 Å². The molecule has 0 saturated carbocycles. The number of anilines is 1. The van der Waals surface area contributed by atoms with Crippen LogP contribution in [-0.2, 0) is 4.79 Å². The summed E-state index contributed by atoms with van der Waals surface area (Å²) in [5.74, 6) is 0.496. The molecule has 0 unspecified atom stereocenters. The van der Waals surface area contributed by atoms with Gasteiger partial charge < -0.3 is 5.32 Å². The van der Waals surface area contributed by atoms with E-state index in [1.54, 1.807) is 6.20 Å². The van der Waals surface area contributed by atoms with E-state index in [1.165, 1.54) is 0 Å². The number of aryl methyl sites for hydroxylation is 1. The molecule has 1 heterocycles. The predicted molar refractivity (Wildman–Crippen MR) is 57.6 cm³/mol. The van der Waals surface area contributed by atoms with Crippen molar-refractivity contribution in [1.82, 2.24) is 4.98 Å². The van der Waals surface area contributed by atoms with Gasteiger partial charge in [0.15, 0.2) is 0 Å². The molecule has 0 saturated heterocycles. The maximum absolute atomic E-state index is 11.3. The molecule has 0 aliphatic rings. The first-order chi connectivity index (χ1) is 6.72. The number of amides is 1. The second-order valence-corrected chi connectivity index (χ2v) is 3.41. The summed E-state index contributed by atoms with van der Waals surface area (Å²) in [6.07, 6.45) is 2.80. The molecule has 0 aliphatic carbocycles. The molecule has 1 aromatic rings. The van der Waals surface area contributed by atoms with Gasteiger partial charge in [0.1, 0.15) is 0 Å². The molecule has 0 radical (unpaired) electrons. The van der Waals surface area contributed by atoms with Gasteiger partial charge in [-0.05, 0) is 25.5 Å². The Bertz CT molecular complexity index is 297. The van der Waals surface area contributed by atoms with E-state index in [4.69, 9.17) is 11.6 Å². The fourth-order valence-electron chi connectivity index (χ4n) is 0.993. The third kappa shape index (κ3) is 3.75. The first-order valence-electron chi connectivity index (χ1n) is 4.51. The standard InChI is InChI=1S/C10H13ClN2O/c1-8-4-5-9(7-12-8)13-10(14)3-2-6-11/h4-5,7H,2-3,6H2,1H3,(H,13,14). The number of alkyl halides is 1. The van der Waals surface area contributed by atoms with E-state index in [0.717, 1.165) is 11.4 Å². The van der Waals surface area contributed by atoms with Crippen LogP contribution in [0.3, 0.4) is 0 Å². The molecule has 76 valence electrons. The van der Waals surface area contributed by atoms with Crippen LogP contribution in [0.4, 0.5) is 5.69 Å². The summed E-state index contributed by atoms with van der Waals surface area (Å²) < 4.78 is 0. The molecular formula is C10H13ClN2O. The van der Waals surface area contributed by atoms with Gasteiger partial charge in [-0.15, -0.1) is 11.6 Å². The van der Waals surface area contributed by atoms with E-state index in [2.05, 4.69) is 10.3 Å². The molecule has 1 N–H and O–H groups in total. The van der Waals surface area contributed by atoms with Crippen LogP contribution in [0.5, 0.6) is 0 Å². The van der Waals surface area contributed by atoms with Crippen molar-refractivity contribution in [2.24, 2.45) is 0 Å². The highest BCUT2D eigenvalue weighted by molar-refractivity contribution is 6.18. The summed E-state index contributed by atoms with van der Waals surface area (Å²) in [5.41, 5.74) is 1.67. The van der Waals surface area contributed by atoms with Crippen LogP contribution in [0.25, 0.3) is 0 Å². The lowest BCUT2D eigenvalue weighted by molar-refractivity contribution is -0.116. The van der Waals surface area contributed by atoms with E-state index in [-0.39, 0.29) is 5.91 Å². The van der Waals surface area contributed by atoms with Gasteiger partial charge in [0.25, 0.3) is 0 Å². The number of rotatable bonds is 4. The first kappa shape index (κ1) is 11.0. The Balaban J connectivity index is 2.44. The monoisotopic (exact) mass is 212 g/mol. The summed E-state index contributed by atoms with van der Waals surface area (Å²) in [5, 5.41) is 2.74. The number of carbonyl (C=O) groups excluding carboxylic acids is 1. The molecule has 0 bridgehead atoms. The van der Waals surface area contributed by atoms with Gasteiger partial charge >= 0.3 is 0 Å². The number of nitrogens with zero attached hydrogens (tertiary/aromatic N) is 1. The Morgan fingerprint density at radius 3 is 2.93 bits per heavy atom. The topological polar surface area (TPSA) is 42.0 Å². The van der Waals surface area contributed by atoms with Crippen LogP contribution in [0.1, 0.15) is 18.5 Å². The molecule has 0 fully saturated rings. The SMILES string of the molecule is Cc1ccc(NC(=O)CCCCl)cn1. The fraction of sp³-hybridized carbons (Fsp3) is 0.400. The Kier molecular flexibility index (Phi) is 4.40. The van der Waals surface area contributed by atoms with Crippen LogP contribution in [0.15, 0.2) is 18.3 Å². The Hall–Kier alpha value is -1.09. The zero-order valence-electron chi connectivity index (χ0n) is 8.09. The number of nitrogens with one attached hydrogen (secondary N) is 1. The van der Waals surface area contributed by atoms with Gasteiger partial charge in [-0.3, -0.25) is 9.78 Å². The van der Waals surface area contributed by atoms with E-state index >= 15 is 0 Å². The Morgan fingerprint density at radius 2 is 2.36 bits per heavy atom. The van der Waals surface area contributed by atoms with Crippen molar-refractivity contribution >= 4 is 23.2 Å². The second-order valence-electron chi connectivity index (χ2n) is 3.03. The molecule has 14 heavy (non-hydrogen) atoms. The van der Waals surface area contributed by atoms with Crippen molar-refractivity contribution in [3.05, 3.63) is 24.0 Å². The summed E-state index contributed by atoms with van der Waals surface area (Å²) >= 11 is 5.48. The summed E-state index contributed by atoms with van der Waals surface area (Å²) in [4.78, 5) is 15.3. The molecule has 4 heteroatoms. The maximum Gasteiger partial charge on any atom is 0.224 e. The number of halogens is 1. The normalized spacial score (nSPS) is 9.86. The average molecular weight is 213 g/mol. The van der Waals surface area contributed by atoms with Gasteiger partial charge in [0, 0.05) is 18.0 Å². The van der Waals surface area contributed by atoms with Crippen molar-refractivity contribution in [2.75, 3.05) is 11.2 Å². The number of hydrogen-bond donors (Lipinski definition) is 1. The quantitative estimate of drug-likeness (QED) is 0.779. The molecule has 0 atom stereocenters. The minimum atomic E-state index is -0.0173. The lowest BCUT2D eigenvalue weighted by Crippen LogP contribution is -2.11. The Labute approximate surface area is 88.5 Å². The van der Waals surface area contributed by atoms with Crippen molar-refractivity contribution in [1.29, 1.82) is 0 Å². The predicted octanol–water partition coefficient (Wildman–Crippen LogP) is 2.35. The van der Waals surface area contributed by atoms with Crippen molar-refractivity contribution < 1.29 is 4.79 Å².